The number of nitrogens with zero attached hydrogens (tertiary/aromatic N) is 1. The molecular formula is C9H10N2O3S. The molecule has 0 heterocycles. The van der Waals surface area contributed by atoms with E-state index in [0.29, 0.717) is 5.69 Å². The number of aromatic hydroxyl groups is 1. The van der Waals surface area contributed by atoms with Crippen LogP contribution in [0.2, 0.25) is 0 Å². The zero-order chi connectivity index (χ0) is 11.5. The minimum absolute atomic E-state index is 0.0475. The first-order chi connectivity index (χ1) is 6.95. The van der Waals surface area contributed by atoms with Gasteiger partial charge >= 0.3 is 0 Å². The summed E-state index contributed by atoms with van der Waals surface area (Å²) in [6.07, 6.45) is 0. The average molecular weight is 226 g/mol. The number of rotatable bonds is 3. The van der Waals surface area contributed by atoms with Crippen LogP contribution in [0.5, 0.6) is 5.75 Å². The molecule has 2 N–H and O–H groups in total. The van der Waals surface area contributed by atoms with Crippen LogP contribution in [0.4, 0.5) is 5.69 Å². The summed E-state index contributed by atoms with van der Waals surface area (Å²) in [4.78, 5) is 0. The van der Waals surface area contributed by atoms with E-state index in [9.17, 15) is 8.42 Å². The summed E-state index contributed by atoms with van der Waals surface area (Å²) < 4.78 is 25.1. The predicted molar refractivity (Wildman–Crippen MR) is 55.7 cm³/mol. The second-order valence-corrected chi connectivity index (χ2v) is 4.97. The van der Waals surface area contributed by atoms with Crippen molar-refractivity contribution in [2.45, 2.75) is 12.2 Å². The Kier molecular flexibility index (Phi) is 3.17. The van der Waals surface area contributed by atoms with E-state index < -0.39 is 15.3 Å². The maximum absolute atomic E-state index is 11.4. The summed E-state index contributed by atoms with van der Waals surface area (Å²) in [5, 5.41) is 16.3. The van der Waals surface area contributed by atoms with Crippen molar-refractivity contribution in [2.75, 3.05) is 4.72 Å². The average Bonchev–Trinajstić information content (AvgIpc) is 2.20. The molecule has 6 heteroatoms. The highest BCUT2D eigenvalue weighted by atomic mass is 32.2. The number of hydrogen-bond acceptors (Lipinski definition) is 4. The molecule has 15 heavy (non-hydrogen) atoms. The zero-order valence-corrected chi connectivity index (χ0v) is 8.82. The van der Waals surface area contributed by atoms with Crippen molar-refractivity contribution >= 4 is 15.7 Å². The quantitative estimate of drug-likeness (QED) is 0.753. The third kappa shape index (κ3) is 2.86. The first-order valence-corrected chi connectivity index (χ1v) is 5.70. The molecule has 0 saturated heterocycles. The minimum Gasteiger partial charge on any atom is -0.508 e. The lowest BCUT2D eigenvalue weighted by Gasteiger charge is -2.08. The van der Waals surface area contributed by atoms with E-state index in [1.54, 1.807) is 6.07 Å². The van der Waals surface area contributed by atoms with Gasteiger partial charge < -0.3 is 5.11 Å². The van der Waals surface area contributed by atoms with Gasteiger partial charge in [-0.25, -0.2) is 8.42 Å². The van der Waals surface area contributed by atoms with Crippen LogP contribution in [-0.4, -0.2) is 18.8 Å². The number of sulfonamides is 1. The van der Waals surface area contributed by atoms with Gasteiger partial charge in [-0.3, -0.25) is 4.72 Å². The van der Waals surface area contributed by atoms with E-state index in [4.69, 9.17) is 10.4 Å². The Labute approximate surface area is 88.0 Å². The largest absolute Gasteiger partial charge is 0.508 e. The van der Waals surface area contributed by atoms with Gasteiger partial charge in [0.05, 0.1) is 6.07 Å². The van der Waals surface area contributed by atoms with Crippen molar-refractivity contribution in [3.05, 3.63) is 24.3 Å². The molecule has 1 aromatic carbocycles. The van der Waals surface area contributed by atoms with Gasteiger partial charge in [0.15, 0.2) is 5.25 Å². The number of nitriles is 1. The molecule has 0 radical (unpaired) electrons. The first-order valence-electron chi connectivity index (χ1n) is 4.16. The third-order valence-electron chi connectivity index (χ3n) is 1.77. The van der Waals surface area contributed by atoms with Crippen molar-refractivity contribution in [1.29, 1.82) is 5.26 Å². The fourth-order valence-electron chi connectivity index (χ4n) is 0.852. The van der Waals surface area contributed by atoms with Crippen LogP contribution in [0.25, 0.3) is 0 Å². The first kappa shape index (κ1) is 11.3. The molecule has 0 aromatic heterocycles. The van der Waals surface area contributed by atoms with Gasteiger partial charge in [-0.15, -0.1) is 0 Å². The molecule has 80 valence electrons. The van der Waals surface area contributed by atoms with Crippen molar-refractivity contribution in [3.63, 3.8) is 0 Å². The Morgan fingerprint density at radius 1 is 1.40 bits per heavy atom. The van der Waals surface area contributed by atoms with E-state index in [-0.39, 0.29) is 5.75 Å². The summed E-state index contributed by atoms with van der Waals surface area (Å²) in [6.45, 7) is 1.29. The molecule has 0 aliphatic rings. The second-order valence-electron chi connectivity index (χ2n) is 2.97. The van der Waals surface area contributed by atoms with Gasteiger partial charge in [0.25, 0.3) is 0 Å². The van der Waals surface area contributed by atoms with Gasteiger partial charge in [-0.05, 0) is 31.2 Å². The molecule has 0 bridgehead atoms. The SMILES string of the molecule is CC(C#N)S(=O)(=O)Nc1ccc(O)cc1. The summed E-state index contributed by atoms with van der Waals surface area (Å²) >= 11 is 0. The fraction of sp³-hybridized carbons (Fsp3) is 0.222. The van der Waals surface area contributed by atoms with Gasteiger partial charge in [0.1, 0.15) is 5.75 Å². The van der Waals surface area contributed by atoms with E-state index in [0.717, 1.165) is 0 Å². The molecule has 0 aliphatic heterocycles. The molecule has 0 saturated carbocycles. The van der Waals surface area contributed by atoms with Crippen LogP contribution in [0.1, 0.15) is 6.92 Å². The Balaban J connectivity index is 2.88. The molecule has 0 amide bonds. The number of benzene rings is 1. The summed E-state index contributed by atoms with van der Waals surface area (Å²) in [5.41, 5.74) is 0.315. The second kappa shape index (κ2) is 4.19. The van der Waals surface area contributed by atoms with E-state index >= 15 is 0 Å². The number of phenolic OH excluding ortho intramolecular Hbond substituents is 1. The molecule has 0 fully saturated rings. The predicted octanol–water partition coefficient (Wildman–Crippen LogP) is 1.05. The minimum atomic E-state index is -3.67. The number of nitrogens with one attached hydrogen (secondary N) is 1. The Bertz CT molecular complexity index is 473. The van der Waals surface area contributed by atoms with Crippen LogP contribution in [-0.2, 0) is 10.0 Å². The summed E-state index contributed by atoms with van der Waals surface area (Å²) in [6, 6.07) is 7.18. The molecule has 1 unspecified atom stereocenters. The molecule has 5 nitrogen and oxygen atoms in total. The molecule has 0 spiro atoms. The maximum Gasteiger partial charge on any atom is 0.248 e. The number of hydrogen-bond donors (Lipinski definition) is 2. The van der Waals surface area contributed by atoms with Gasteiger partial charge in [-0.2, -0.15) is 5.26 Å². The lowest BCUT2D eigenvalue weighted by Crippen LogP contribution is -2.23. The Morgan fingerprint density at radius 3 is 2.40 bits per heavy atom. The smallest absolute Gasteiger partial charge is 0.248 e. The lowest BCUT2D eigenvalue weighted by molar-refractivity contribution is 0.475. The van der Waals surface area contributed by atoms with Crippen molar-refractivity contribution in [3.8, 4) is 11.8 Å². The topological polar surface area (TPSA) is 90.2 Å². The highest BCUT2D eigenvalue weighted by Crippen LogP contribution is 2.16. The molecule has 1 atom stereocenters. The standard InChI is InChI=1S/C9H10N2O3S/c1-7(6-10)15(13,14)11-8-2-4-9(12)5-3-8/h2-5,7,11-12H,1H3. The molecule has 1 aromatic rings. The van der Waals surface area contributed by atoms with E-state index in [2.05, 4.69) is 4.72 Å². The number of phenols is 1. The van der Waals surface area contributed by atoms with Crippen molar-refractivity contribution in [2.24, 2.45) is 0 Å². The van der Waals surface area contributed by atoms with Crippen LogP contribution in [0, 0.1) is 11.3 Å². The third-order valence-corrected chi connectivity index (χ3v) is 3.33. The number of anilines is 1. The van der Waals surface area contributed by atoms with Crippen LogP contribution < -0.4 is 4.72 Å². The van der Waals surface area contributed by atoms with E-state index in [1.165, 1.54) is 31.2 Å². The van der Waals surface area contributed by atoms with Gasteiger partial charge in [0, 0.05) is 5.69 Å². The molecule has 1 rings (SSSR count). The monoisotopic (exact) mass is 226 g/mol. The van der Waals surface area contributed by atoms with Gasteiger partial charge in [-0.1, -0.05) is 0 Å². The van der Waals surface area contributed by atoms with Crippen molar-refractivity contribution in [1.82, 2.24) is 0 Å². The highest BCUT2D eigenvalue weighted by Gasteiger charge is 2.19. The lowest BCUT2D eigenvalue weighted by atomic mass is 10.3. The van der Waals surface area contributed by atoms with E-state index in [1.807, 2.05) is 0 Å². The highest BCUT2D eigenvalue weighted by molar-refractivity contribution is 7.93. The summed E-state index contributed by atoms with van der Waals surface area (Å²) in [5.74, 6) is 0.0475. The summed E-state index contributed by atoms with van der Waals surface area (Å²) in [7, 11) is -3.67. The Morgan fingerprint density at radius 2 is 1.93 bits per heavy atom. The fourth-order valence-corrected chi connectivity index (χ4v) is 1.63. The normalized spacial score (nSPS) is 12.8. The zero-order valence-electron chi connectivity index (χ0n) is 8.01. The molecule has 0 aliphatic carbocycles. The van der Waals surface area contributed by atoms with Gasteiger partial charge in [0.2, 0.25) is 10.0 Å². The van der Waals surface area contributed by atoms with Crippen molar-refractivity contribution < 1.29 is 13.5 Å². The van der Waals surface area contributed by atoms with Crippen LogP contribution >= 0.6 is 0 Å². The maximum atomic E-state index is 11.4. The van der Waals surface area contributed by atoms with Crippen LogP contribution in [0.3, 0.4) is 0 Å². The molecular weight excluding hydrogens is 216 g/mol. The Hall–Kier alpha value is -1.74. The van der Waals surface area contributed by atoms with Crippen LogP contribution in [0.15, 0.2) is 24.3 Å².